The Balaban J connectivity index is 2.27. The fraction of sp³-hybridized carbons (Fsp3) is 0. The molecule has 0 fully saturated rings. The van der Waals surface area contributed by atoms with Crippen LogP contribution in [-0.2, 0) is 0 Å². The largest absolute Gasteiger partial charge is 0.478 e. The van der Waals surface area contributed by atoms with E-state index in [9.17, 15) is 4.79 Å². The van der Waals surface area contributed by atoms with Crippen molar-refractivity contribution >= 4 is 40.2 Å². The Morgan fingerprint density at radius 3 is 2.61 bits per heavy atom. The van der Waals surface area contributed by atoms with Crippen molar-refractivity contribution in [2.24, 2.45) is 0 Å². The number of rotatable bonds is 3. The standard InChI is InChI=1S/C13H8ClIO3/c14-11-6-8(13(16)17)4-5-12(11)18-10-3-1-2-9(15)7-10/h1-7H,(H,16,17). The van der Waals surface area contributed by atoms with E-state index < -0.39 is 5.97 Å². The van der Waals surface area contributed by atoms with Crippen LogP contribution in [0.1, 0.15) is 10.4 Å². The Morgan fingerprint density at radius 2 is 2.00 bits per heavy atom. The molecular formula is C13H8ClIO3. The highest BCUT2D eigenvalue weighted by Crippen LogP contribution is 2.30. The predicted octanol–water partition coefficient (Wildman–Crippen LogP) is 4.44. The number of ether oxygens (including phenoxy) is 1. The summed E-state index contributed by atoms with van der Waals surface area (Å²) >= 11 is 8.15. The van der Waals surface area contributed by atoms with Crippen molar-refractivity contribution in [3.05, 3.63) is 56.6 Å². The zero-order chi connectivity index (χ0) is 13.1. The molecule has 0 bridgehead atoms. The van der Waals surface area contributed by atoms with E-state index in [1.165, 1.54) is 12.1 Å². The fourth-order valence-corrected chi connectivity index (χ4v) is 2.11. The molecule has 2 rings (SSSR count). The van der Waals surface area contributed by atoms with E-state index in [1.807, 2.05) is 24.3 Å². The molecule has 0 saturated heterocycles. The third kappa shape index (κ3) is 3.14. The highest BCUT2D eigenvalue weighted by molar-refractivity contribution is 14.1. The molecule has 2 aromatic rings. The van der Waals surface area contributed by atoms with Crippen LogP contribution in [0.2, 0.25) is 5.02 Å². The molecule has 0 amide bonds. The molecule has 0 aliphatic heterocycles. The van der Waals surface area contributed by atoms with Crippen LogP contribution >= 0.6 is 34.2 Å². The van der Waals surface area contributed by atoms with Gasteiger partial charge in [0.1, 0.15) is 11.5 Å². The first-order valence-corrected chi connectivity index (χ1v) is 6.48. The molecule has 2 aromatic carbocycles. The van der Waals surface area contributed by atoms with Crippen LogP contribution < -0.4 is 4.74 Å². The molecule has 0 radical (unpaired) electrons. The van der Waals surface area contributed by atoms with E-state index >= 15 is 0 Å². The van der Waals surface area contributed by atoms with Crippen LogP contribution in [0.4, 0.5) is 0 Å². The Bertz CT molecular complexity index is 599. The van der Waals surface area contributed by atoms with Crippen molar-refractivity contribution in [2.75, 3.05) is 0 Å². The van der Waals surface area contributed by atoms with E-state index in [0.29, 0.717) is 11.5 Å². The lowest BCUT2D eigenvalue weighted by Crippen LogP contribution is -1.96. The number of hydrogen-bond acceptors (Lipinski definition) is 2. The maximum Gasteiger partial charge on any atom is 0.335 e. The Morgan fingerprint density at radius 1 is 1.22 bits per heavy atom. The van der Waals surface area contributed by atoms with E-state index in [-0.39, 0.29) is 10.6 Å². The van der Waals surface area contributed by atoms with Gasteiger partial charge in [-0.3, -0.25) is 0 Å². The summed E-state index contributed by atoms with van der Waals surface area (Å²) in [6.45, 7) is 0. The first-order valence-electron chi connectivity index (χ1n) is 5.02. The Hall–Kier alpha value is -1.27. The molecule has 0 aliphatic rings. The van der Waals surface area contributed by atoms with E-state index in [0.717, 1.165) is 3.57 Å². The van der Waals surface area contributed by atoms with Gasteiger partial charge in [-0.1, -0.05) is 17.7 Å². The number of carboxylic acids is 1. The average Bonchev–Trinajstić information content (AvgIpc) is 2.31. The zero-order valence-electron chi connectivity index (χ0n) is 9.06. The summed E-state index contributed by atoms with van der Waals surface area (Å²) in [5.74, 6) is 0.0771. The molecule has 0 unspecified atom stereocenters. The normalized spacial score (nSPS) is 10.1. The first-order chi connectivity index (χ1) is 8.56. The quantitative estimate of drug-likeness (QED) is 0.808. The van der Waals surface area contributed by atoms with Gasteiger partial charge in [0.15, 0.2) is 0 Å². The second-order valence-electron chi connectivity index (χ2n) is 3.51. The molecule has 0 atom stereocenters. The molecule has 92 valence electrons. The topological polar surface area (TPSA) is 46.5 Å². The van der Waals surface area contributed by atoms with Gasteiger partial charge >= 0.3 is 5.97 Å². The number of carbonyl (C=O) groups is 1. The van der Waals surface area contributed by atoms with Gasteiger partial charge in [0.25, 0.3) is 0 Å². The van der Waals surface area contributed by atoms with Gasteiger partial charge in [0.2, 0.25) is 0 Å². The van der Waals surface area contributed by atoms with Crippen LogP contribution in [0, 0.1) is 3.57 Å². The SMILES string of the molecule is O=C(O)c1ccc(Oc2cccc(I)c2)c(Cl)c1. The van der Waals surface area contributed by atoms with Crippen LogP contribution in [0.3, 0.4) is 0 Å². The van der Waals surface area contributed by atoms with Crippen molar-refractivity contribution in [1.29, 1.82) is 0 Å². The highest BCUT2D eigenvalue weighted by atomic mass is 127. The second-order valence-corrected chi connectivity index (χ2v) is 5.16. The molecule has 0 aromatic heterocycles. The molecule has 18 heavy (non-hydrogen) atoms. The van der Waals surface area contributed by atoms with Gasteiger partial charge in [-0.25, -0.2) is 4.79 Å². The second kappa shape index (κ2) is 5.58. The summed E-state index contributed by atoms with van der Waals surface area (Å²) in [6.07, 6.45) is 0. The van der Waals surface area contributed by atoms with Gasteiger partial charge in [-0.05, 0) is 59.0 Å². The summed E-state index contributed by atoms with van der Waals surface area (Å²) < 4.78 is 6.64. The molecular weight excluding hydrogens is 366 g/mol. The number of benzene rings is 2. The van der Waals surface area contributed by atoms with Gasteiger partial charge in [0.05, 0.1) is 10.6 Å². The minimum absolute atomic E-state index is 0.134. The average molecular weight is 375 g/mol. The summed E-state index contributed by atoms with van der Waals surface area (Å²) in [5, 5.41) is 9.10. The smallest absolute Gasteiger partial charge is 0.335 e. The number of halogens is 2. The molecule has 0 aliphatic carbocycles. The Kier molecular flexibility index (Phi) is 4.08. The van der Waals surface area contributed by atoms with Crippen molar-refractivity contribution in [1.82, 2.24) is 0 Å². The van der Waals surface area contributed by atoms with E-state index in [2.05, 4.69) is 22.6 Å². The molecule has 0 saturated carbocycles. The predicted molar refractivity (Wildman–Crippen MR) is 77.6 cm³/mol. The monoisotopic (exact) mass is 374 g/mol. The summed E-state index contributed by atoms with van der Waals surface area (Å²) in [5.41, 5.74) is 0.134. The van der Waals surface area contributed by atoms with Crippen molar-refractivity contribution < 1.29 is 14.6 Å². The lowest BCUT2D eigenvalue weighted by atomic mass is 10.2. The van der Waals surface area contributed by atoms with Crippen LogP contribution in [-0.4, -0.2) is 11.1 Å². The molecule has 3 nitrogen and oxygen atoms in total. The van der Waals surface area contributed by atoms with Crippen molar-refractivity contribution in [3.63, 3.8) is 0 Å². The van der Waals surface area contributed by atoms with Gasteiger partial charge in [0, 0.05) is 3.57 Å². The van der Waals surface area contributed by atoms with Crippen LogP contribution in [0.5, 0.6) is 11.5 Å². The minimum Gasteiger partial charge on any atom is -0.478 e. The van der Waals surface area contributed by atoms with Crippen LogP contribution in [0.15, 0.2) is 42.5 Å². The lowest BCUT2D eigenvalue weighted by Gasteiger charge is -2.08. The van der Waals surface area contributed by atoms with Crippen molar-refractivity contribution in [3.8, 4) is 11.5 Å². The number of aromatic carboxylic acids is 1. The maximum atomic E-state index is 10.8. The molecule has 5 heteroatoms. The third-order valence-corrected chi connectivity index (χ3v) is 3.17. The first kappa shape index (κ1) is 13.2. The molecule has 0 heterocycles. The highest BCUT2D eigenvalue weighted by Gasteiger charge is 2.08. The summed E-state index contributed by atoms with van der Waals surface area (Å²) in [6, 6.07) is 11.9. The Labute approximate surface area is 122 Å². The molecule has 0 spiro atoms. The van der Waals surface area contributed by atoms with Gasteiger partial charge < -0.3 is 9.84 Å². The van der Waals surface area contributed by atoms with E-state index in [4.69, 9.17) is 21.4 Å². The summed E-state index contributed by atoms with van der Waals surface area (Å²) in [7, 11) is 0. The summed E-state index contributed by atoms with van der Waals surface area (Å²) in [4.78, 5) is 10.8. The lowest BCUT2D eigenvalue weighted by molar-refractivity contribution is 0.0697. The number of carboxylic acid groups (broad SMARTS) is 1. The zero-order valence-corrected chi connectivity index (χ0v) is 12.0. The third-order valence-electron chi connectivity index (χ3n) is 2.20. The number of hydrogen-bond donors (Lipinski definition) is 1. The van der Waals surface area contributed by atoms with Crippen molar-refractivity contribution in [2.45, 2.75) is 0 Å². The van der Waals surface area contributed by atoms with Gasteiger partial charge in [-0.15, -0.1) is 0 Å². The minimum atomic E-state index is -1.02. The van der Waals surface area contributed by atoms with Crippen LogP contribution in [0.25, 0.3) is 0 Å². The molecule has 1 N–H and O–H groups in total. The fourth-order valence-electron chi connectivity index (χ4n) is 1.37. The maximum absolute atomic E-state index is 10.8. The van der Waals surface area contributed by atoms with E-state index in [1.54, 1.807) is 6.07 Å². The van der Waals surface area contributed by atoms with Gasteiger partial charge in [-0.2, -0.15) is 0 Å².